The van der Waals surface area contributed by atoms with Crippen LogP contribution in [0.5, 0.6) is 0 Å². The number of hydrogen-bond donors (Lipinski definition) is 3. The van der Waals surface area contributed by atoms with Gasteiger partial charge in [0.15, 0.2) is 0 Å². The summed E-state index contributed by atoms with van der Waals surface area (Å²) in [4.78, 5) is 36.0. The number of carbonyl (C=O) groups is 3. The molecule has 3 rings (SSSR count). The van der Waals surface area contributed by atoms with Crippen molar-refractivity contribution in [2.24, 2.45) is 5.92 Å². The van der Waals surface area contributed by atoms with Gasteiger partial charge < -0.3 is 20.5 Å². The van der Waals surface area contributed by atoms with Gasteiger partial charge in [-0.15, -0.1) is 0 Å². The number of rotatable bonds is 11. The molecule has 2 atom stereocenters. The summed E-state index contributed by atoms with van der Waals surface area (Å²) >= 11 is 0. The van der Waals surface area contributed by atoms with Gasteiger partial charge in [-0.2, -0.15) is 0 Å². The summed E-state index contributed by atoms with van der Waals surface area (Å²) in [6.07, 6.45) is 1.63. The second-order valence-electron chi connectivity index (χ2n) is 8.48. The Bertz CT molecular complexity index is 945. The van der Waals surface area contributed by atoms with E-state index in [9.17, 15) is 14.4 Å². The number of ether oxygens (including phenoxy) is 1. The summed E-state index contributed by atoms with van der Waals surface area (Å²) in [5.74, 6) is -1.62. The fourth-order valence-corrected chi connectivity index (χ4v) is 4.21. The van der Waals surface area contributed by atoms with Crippen molar-refractivity contribution >= 4 is 18.0 Å². The topological polar surface area (TPSA) is 105 Å². The molecule has 2 aromatic carbocycles. The number of fused-ring (bicyclic) bond motifs is 3. The Balaban J connectivity index is 1.53. The normalized spacial score (nSPS) is 14.0. The number of carboxylic acid groups (broad SMARTS) is 1. The largest absolute Gasteiger partial charge is 0.481 e. The molecule has 0 heterocycles. The van der Waals surface area contributed by atoms with E-state index >= 15 is 0 Å². The molecule has 176 valence electrons. The first-order chi connectivity index (χ1) is 15.9. The number of alkyl carbamates (subject to hydrolysis) is 1. The van der Waals surface area contributed by atoms with Crippen LogP contribution in [0.4, 0.5) is 4.79 Å². The third-order valence-electron chi connectivity index (χ3n) is 6.06. The van der Waals surface area contributed by atoms with Gasteiger partial charge in [-0.25, -0.2) is 4.79 Å². The summed E-state index contributed by atoms with van der Waals surface area (Å²) in [5.41, 5.74) is 4.57. The lowest BCUT2D eigenvalue weighted by atomic mass is 9.98. The molecule has 1 aliphatic rings. The van der Waals surface area contributed by atoms with Crippen LogP contribution in [0.25, 0.3) is 11.1 Å². The van der Waals surface area contributed by atoms with E-state index in [0.29, 0.717) is 25.8 Å². The fraction of sp³-hybridized carbons (Fsp3) is 0.423. The highest BCUT2D eigenvalue weighted by Crippen LogP contribution is 2.44. The Morgan fingerprint density at radius 3 is 2.18 bits per heavy atom. The standard InChI is InChI=1S/C26H32N2O5/c1-3-9-23(24(29)27-15-8-10-17(2)25(30)31)28-26(32)33-16-22-20-13-6-4-11-18(20)19-12-5-7-14-21(19)22/h4-7,11-14,17,22-23H,3,8-10,15-16H2,1-2H3,(H,27,29)(H,28,32)(H,30,31). The lowest BCUT2D eigenvalue weighted by molar-refractivity contribution is -0.141. The van der Waals surface area contributed by atoms with E-state index in [1.165, 1.54) is 0 Å². The van der Waals surface area contributed by atoms with Crippen LogP contribution in [0, 0.1) is 5.92 Å². The SMILES string of the molecule is CCCC(NC(=O)OCC1c2ccccc2-c2ccccc21)C(=O)NCCCC(C)C(=O)O. The van der Waals surface area contributed by atoms with Gasteiger partial charge in [-0.05, 0) is 41.5 Å². The number of hydrogen-bond acceptors (Lipinski definition) is 4. The van der Waals surface area contributed by atoms with Crippen molar-refractivity contribution in [2.75, 3.05) is 13.2 Å². The molecule has 7 nitrogen and oxygen atoms in total. The van der Waals surface area contributed by atoms with E-state index in [1.807, 2.05) is 31.2 Å². The first kappa shape index (κ1) is 24.3. The van der Waals surface area contributed by atoms with Crippen LogP contribution < -0.4 is 10.6 Å². The molecule has 0 radical (unpaired) electrons. The van der Waals surface area contributed by atoms with Crippen LogP contribution in [-0.2, 0) is 14.3 Å². The number of carbonyl (C=O) groups excluding carboxylic acids is 2. The molecule has 7 heteroatoms. The number of aliphatic carboxylic acids is 1. The van der Waals surface area contributed by atoms with Gasteiger partial charge in [0.2, 0.25) is 5.91 Å². The average Bonchev–Trinajstić information content (AvgIpc) is 3.13. The maximum Gasteiger partial charge on any atom is 0.407 e. The monoisotopic (exact) mass is 452 g/mol. The molecular weight excluding hydrogens is 420 g/mol. The maximum absolute atomic E-state index is 12.5. The van der Waals surface area contributed by atoms with Gasteiger partial charge in [0.05, 0.1) is 5.92 Å². The van der Waals surface area contributed by atoms with E-state index < -0.39 is 24.0 Å². The predicted octanol–water partition coefficient (Wildman–Crippen LogP) is 4.31. The highest BCUT2D eigenvalue weighted by molar-refractivity contribution is 5.85. The number of amides is 2. The third-order valence-corrected chi connectivity index (χ3v) is 6.06. The minimum atomic E-state index is -0.845. The van der Waals surface area contributed by atoms with Gasteiger partial charge >= 0.3 is 12.1 Å². The summed E-state index contributed by atoms with van der Waals surface area (Å²) in [7, 11) is 0. The zero-order chi connectivity index (χ0) is 23.8. The Labute approximate surface area is 194 Å². The van der Waals surface area contributed by atoms with Gasteiger partial charge in [-0.1, -0.05) is 68.8 Å². The highest BCUT2D eigenvalue weighted by Gasteiger charge is 2.29. The first-order valence-corrected chi connectivity index (χ1v) is 11.5. The van der Waals surface area contributed by atoms with Crippen molar-refractivity contribution in [1.29, 1.82) is 0 Å². The molecule has 2 unspecified atom stereocenters. The lowest BCUT2D eigenvalue weighted by Gasteiger charge is -2.19. The van der Waals surface area contributed by atoms with Crippen molar-refractivity contribution in [3.05, 3.63) is 59.7 Å². The van der Waals surface area contributed by atoms with Crippen LogP contribution in [0.3, 0.4) is 0 Å². The predicted molar refractivity (Wildman–Crippen MR) is 126 cm³/mol. The zero-order valence-corrected chi connectivity index (χ0v) is 19.2. The van der Waals surface area contributed by atoms with E-state index in [-0.39, 0.29) is 18.4 Å². The van der Waals surface area contributed by atoms with Crippen LogP contribution in [0.1, 0.15) is 56.6 Å². The second-order valence-corrected chi connectivity index (χ2v) is 8.48. The van der Waals surface area contributed by atoms with E-state index in [0.717, 1.165) is 28.7 Å². The van der Waals surface area contributed by atoms with E-state index in [2.05, 4.69) is 34.9 Å². The Morgan fingerprint density at radius 1 is 1.00 bits per heavy atom. The molecule has 0 spiro atoms. The molecule has 0 saturated heterocycles. The van der Waals surface area contributed by atoms with Crippen molar-refractivity contribution in [3.63, 3.8) is 0 Å². The zero-order valence-electron chi connectivity index (χ0n) is 19.2. The molecule has 2 aromatic rings. The Morgan fingerprint density at radius 2 is 1.61 bits per heavy atom. The van der Waals surface area contributed by atoms with Crippen molar-refractivity contribution in [2.45, 2.75) is 51.5 Å². The quantitative estimate of drug-likeness (QED) is 0.441. The molecule has 0 bridgehead atoms. The molecule has 0 aliphatic heterocycles. The van der Waals surface area contributed by atoms with Gasteiger partial charge in [0, 0.05) is 12.5 Å². The van der Waals surface area contributed by atoms with Crippen LogP contribution in [-0.4, -0.2) is 42.3 Å². The van der Waals surface area contributed by atoms with Crippen LogP contribution >= 0.6 is 0 Å². The highest BCUT2D eigenvalue weighted by atomic mass is 16.5. The number of benzene rings is 2. The Kier molecular flexibility index (Phi) is 8.46. The van der Waals surface area contributed by atoms with E-state index in [1.54, 1.807) is 6.92 Å². The third kappa shape index (κ3) is 6.12. The fourth-order valence-electron chi connectivity index (χ4n) is 4.21. The van der Waals surface area contributed by atoms with Crippen LogP contribution in [0.2, 0.25) is 0 Å². The summed E-state index contributed by atoms with van der Waals surface area (Å²) in [6.45, 7) is 4.13. The van der Waals surface area contributed by atoms with Crippen LogP contribution in [0.15, 0.2) is 48.5 Å². The maximum atomic E-state index is 12.5. The van der Waals surface area contributed by atoms with Crippen molar-refractivity contribution in [1.82, 2.24) is 10.6 Å². The second kappa shape index (κ2) is 11.5. The average molecular weight is 453 g/mol. The molecule has 33 heavy (non-hydrogen) atoms. The molecule has 3 N–H and O–H groups in total. The van der Waals surface area contributed by atoms with Crippen molar-refractivity contribution in [3.8, 4) is 11.1 Å². The molecular formula is C26H32N2O5. The molecule has 2 amide bonds. The number of carboxylic acids is 1. The van der Waals surface area contributed by atoms with Gasteiger partial charge in [0.25, 0.3) is 0 Å². The first-order valence-electron chi connectivity index (χ1n) is 11.5. The van der Waals surface area contributed by atoms with E-state index in [4.69, 9.17) is 9.84 Å². The summed E-state index contributed by atoms with van der Waals surface area (Å²) < 4.78 is 5.55. The molecule has 0 saturated carbocycles. The number of nitrogens with one attached hydrogen (secondary N) is 2. The molecule has 0 fully saturated rings. The molecule has 0 aromatic heterocycles. The van der Waals surface area contributed by atoms with Gasteiger partial charge in [0.1, 0.15) is 12.6 Å². The Hall–Kier alpha value is -3.35. The lowest BCUT2D eigenvalue weighted by Crippen LogP contribution is -2.47. The van der Waals surface area contributed by atoms with Gasteiger partial charge in [-0.3, -0.25) is 9.59 Å². The van der Waals surface area contributed by atoms with Crippen molar-refractivity contribution < 1.29 is 24.2 Å². The summed E-state index contributed by atoms with van der Waals surface area (Å²) in [5, 5.41) is 14.4. The molecule has 1 aliphatic carbocycles. The minimum Gasteiger partial charge on any atom is -0.481 e. The smallest absolute Gasteiger partial charge is 0.407 e. The minimum absolute atomic E-state index is 0.0437. The summed E-state index contributed by atoms with van der Waals surface area (Å²) in [6, 6.07) is 15.5.